The normalized spacial score (nSPS) is 10.3. The molecule has 0 atom stereocenters. The molecular weight excluding hydrogens is 236 g/mol. The first kappa shape index (κ1) is 13.4. The van der Waals surface area contributed by atoms with Gasteiger partial charge in [0, 0.05) is 12.6 Å². The maximum atomic E-state index is 5.32. The Bertz CT molecular complexity index is 515. The molecular formula is C16H20N2O. The molecule has 1 heterocycles. The van der Waals surface area contributed by atoms with Crippen molar-refractivity contribution in [2.75, 3.05) is 11.9 Å². The first-order valence-electron chi connectivity index (χ1n) is 6.58. The Morgan fingerprint density at radius 3 is 2.42 bits per heavy atom. The van der Waals surface area contributed by atoms with Crippen LogP contribution in [-0.2, 0) is 6.54 Å². The quantitative estimate of drug-likeness (QED) is 0.885. The maximum Gasteiger partial charge on any atom is 0.213 e. The summed E-state index contributed by atoms with van der Waals surface area (Å²) in [6.45, 7) is 7.69. The highest BCUT2D eigenvalue weighted by Crippen LogP contribution is 2.16. The highest BCUT2D eigenvalue weighted by Gasteiger charge is 2.02. The van der Waals surface area contributed by atoms with Crippen LogP contribution in [0.15, 0.2) is 36.5 Å². The molecule has 0 unspecified atom stereocenters. The molecule has 0 fully saturated rings. The van der Waals surface area contributed by atoms with E-state index in [1.54, 1.807) is 6.20 Å². The summed E-state index contributed by atoms with van der Waals surface area (Å²) in [6.07, 6.45) is 1.80. The third-order valence-electron chi connectivity index (χ3n) is 3.14. The van der Waals surface area contributed by atoms with Gasteiger partial charge in [-0.2, -0.15) is 0 Å². The molecule has 100 valence electrons. The van der Waals surface area contributed by atoms with Crippen LogP contribution in [0.25, 0.3) is 0 Å². The van der Waals surface area contributed by atoms with Crippen LogP contribution in [0.1, 0.15) is 23.6 Å². The molecule has 1 aromatic heterocycles. The number of benzene rings is 1. The second-order valence-electron chi connectivity index (χ2n) is 4.54. The van der Waals surface area contributed by atoms with E-state index in [9.17, 15) is 0 Å². The van der Waals surface area contributed by atoms with Crippen LogP contribution in [-0.4, -0.2) is 11.6 Å². The zero-order chi connectivity index (χ0) is 13.7. The highest BCUT2D eigenvalue weighted by molar-refractivity contribution is 5.44. The number of hydrogen-bond acceptors (Lipinski definition) is 3. The fraction of sp³-hybridized carbons (Fsp3) is 0.312. The van der Waals surface area contributed by atoms with Crippen LogP contribution in [0.3, 0.4) is 0 Å². The summed E-state index contributed by atoms with van der Waals surface area (Å²) in [5.41, 5.74) is 4.97. The lowest BCUT2D eigenvalue weighted by Crippen LogP contribution is -2.04. The lowest BCUT2D eigenvalue weighted by molar-refractivity contribution is 0.327. The van der Waals surface area contributed by atoms with Crippen molar-refractivity contribution in [3.8, 4) is 5.88 Å². The number of anilines is 1. The van der Waals surface area contributed by atoms with Gasteiger partial charge in [0.1, 0.15) is 0 Å². The predicted octanol–water partition coefficient (Wildman–Crippen LogP) is 3.71. The van der Waals surface area contributed by atoms with Crippen molar-refractivity contribution in [1.82, 2.24) is 4.98 Å². The fourth-order valence-electron chi connectivity index (χ4n) is 2.04. The van der Waals surface area contributed by atoms with Crippen molar-refractivity contribution in [2.24, 2.45) is 0 Å². The van der Waals surface area contributed by atoms with Gasteiger partial charge < -0.3 is 10.1 Å². The molecule has 0 saturated heterocycles. The van der Waals surface area contributed by atoms with Crippen molar-refractivity contribution >= 4 is 5.69 Å². The molecule has 0 aliphatic heterocycles. The molecule has 0 aliphatic carbocycles. The molecule has 2 rings (SSSR count). The monoisotopic (exact) mass is 256 g/mol. The minimum Gasteiger partial charge on any atom is -0.478 e. The van der Waals surface area contributed by atoms with Crippen molar-refractivity contribution in [1.29, 1.82) is 0 Å². The molecule has 19 heavy (non-hydrogen) atoms. The number of aromatic nitrogens is 1. The van der Waals surface area contributed by atoms with Crippen molar-refractivity contribution in [3.05, 3.63) is 53.2 Å². The molecule has 1 N–H and O–H groups in total. The number of nitrogens with zero attached hydrogens (tertiary/aromatic N) is 1. The van der Waals surface area contributed by atoms with Gasteiger partial charge in [0.25, 0.3) is 0 Å². The van der Waals surface area contributed by atoms with E-state index in [4.69, 9.17) is 4.74 Å². The van der Waals surface area contributed by atoms with Gasteiger partial charge in [0.2, 0.25) is 5.88 Å². The topological polar surface area (TPSA) is 34.1 Å². The first-order chi connectivity index (χ1) is 9.20. The lowest BCUT2D eigenvalue weighted by Gasteiger charge is -2.12. The largest absolute Gasteiger partial charge is 0.478 e. The van der Waals surface area contributed by atoms with Crippen molar-refractivity contribution < 1.29 is 4.74 Å². The molecule has 3 nitrogen and oxygen atoms in total. The molecule has 0 amide bonds. The number of ether oxygens (including phenoxy) is 1. The molecule has 0 radical (unpaired) electrons. The number of aryl methyl sites for hydroxylation is 2. The van der Waals surface area contributed by atoms with E-state index in [0.29, 0.717) is 12.5 Å². The second-order valence-corrected chi connectivity index (χ2v) is 4.54. The summed E-state index contributed by atoms with van der Waals surface area (Å²) in [7, 11) is 0. The summed E-state index contributed by atoms with van der Waals surface area (Å²) in [5.74, 6) is 0.667. The molecule has 3 heteroatoms. The van der Waals surface area contributed by atoms with Gasteiger partial charge in [-0.05, 0) is 43.5 Å². The van der Waals surface area contributed by atoms with Crippen LogP contribution in [0.2, 0.25) is 0 Å². The van der Waals surface area contributed by atoms with Gasteiger partial charge in [0.15, 0.2) is 0 Å². The summed E-state index contributed by atoms with van der Waals surface area (Å²) >= 11 is 0. The van der Waals surface area contributed by atoms with Crippen LogP contribution >= 0.6 is 0 Å². The molecule has 0 saturated carbocycles. The predicted molar refractivity (Wildman–Crippen MR) is 78.6 cm³/mol. The third kappa shape index (κ3) is 3.47. The van der Waals surface area contributed by atoms with Crippen molar-refractivity contribution in [2.45, 2.75) is 27.3 Å². The highest BCUT2D eigenvalue weighted by atomic mass is 16.5. The Hall–Kier alpha value is -2.03. The van der Waals surface area contributed by atoms with Gasteiger partial charge in [-0.25, -0.2) is 4.98 Å². The summed E-state index contributed by atoms with van der Waals surface area (Å²) < 4.78 is 5.32. The minimum atomic E-state index is 0.641. The summed E-state index contributed by atoms with van der Waals surface area (Å²) in [5, 5.41) is 3.39. The summed E-state index contributed by atoms with van der Waals surface area (Å²) in [4.78, 5) is 4.24. The zero-order valence-corrected chi connectivity index (χ0v) is 11.7. The van der Waals surface area contributed by atoms with E-state index in [1.165, 1.54) is 16.7 Å². The zero-order valence-electron chi connectivity index (χ0n) is 11.7. The van der Waals surface area contributed by atoms with Gasteiger partial charge >= 0.3 is 0 Å². The number of rotatable bonds is 5. The first-order valence-corrected chi connectivity index (χ1v) is 6.58. The van der Waals surface area contributed by atoms with Gasteiger partial charge in [0.05, 0.1) is 18.5 Å². The Morgan fingerprint density at radius 2 is 1.84 bits per heavy atom. The van der Waals surface area contributed by atoms with Gasteiger partial charge in [-0.1, -0.05) is 18.2 Å². The van der Waals surface area contributed by atoms with E-state index in [-0.39, 0.29) is 0 Å². The van der Waals surface area contributed by atoms with Gasteiger partial charge in [-0.15, -0.1) is 0 Å². The summed E-state index contributed by atoms with van der Waals surface area (Å²) in [6, 6.07) is 10.2. The average molecular weight is 256 g/mol. The average Bonchev–Trinajstić information content (AvgIpc) is 2.40. The van der Waals surface area contributed by atoms with E-state index in [2.05, 4.69) is 42.3 Å². The van der Waals surface area contributed by atoms with Crippen LogP contribution in [0.4, 0.5) is 5.69 Å². The van der Waals surface area contributed by atoms with Gasteiger partial charge in [-0.3, -0.25) is 0 Å². The van der Waals surface area contributed by atoms with E-state index in [1.807, 2.05) is 19.1 Å². The van der Waals surface area contributed by atoms with E-state index in [0.717, 1.165) is 12.2 Å². The maximum absolute atomic E-state index is 5.32. The Kier molecular flexibility index (Phi) is 4.39. The number of pyridine rings is 1. The van der Waals surface area contributed by atoms with E-state index < -0.39 is 0 Å². The number of nitrogens with one attached hydrogen (secondary N) is 1. The molecule has 0 bridgehead atoms. The number of hydrogen-bond donors (Lipinski definition) is 1. The SMILES string of the molecule is CCOc1ccc(NCc2c(C)cccc2C)cn1. The minimum absolute atomic E-state index is 0.641. The smallest absolute Gasteiger partial charge is 0.213 e. The Morgan fingerprint density at radius 1 is 1.11 bits per heavy atom. The molecule has 1 aromatic carbocycles. The van der Waals surface area contributed by atoms with Crippen LogP contribution < -0.4 is 10.1 Å². The Labute approximate surface area is 114 Å². The molecule has 2 aromatic rings. The van der Waals surface area contributed by atoms with Crippen LogP contribution in [0, 0.1) is 13.8 Å². The third-order valence-corrected chi connectivity index (χ3v) is 3.14. The standard InChI is InChI=1S/C16H20N2O/c1-4-19-16-9-8-14(10-18-16)17-11-15-12(2)6-5-7-13(15)3/h5-10,17H,4,11H2,1-3H3. The van der Waals surface area contributed by atoms with Crippen molar-refractivity contribution in [3.63, 3.8) is 0 Å². The lowest BCUT2D eigenvalue weighted by atomic mass is 10.0. The molecule has 0 aliphatic rings. The second kappa shape index (κ2) is 6.23. The Balaban J connectivity index is 2.02. The van der Waals surface area contributed by atoms with E-state index >= 15 is 0 Å². The molecule has 0 spiro atoms. The van der Waals surface area contributed by atoms with Crippen LogP contribution in [0.5, 0.6) is 5.88 Å². The fourth-order valence-corrected chi connectivity index (χ4v) is 2.04.